The topological polar surface area (TPSA) is 79.8 Å². The van der Waals surface area contributed by atoms with Crippen LogP contribution in [0.4, 0.5) is 0 Å². The molecule has 138 valence electrons. The van der Waals surface area contributed by atoms with Crippen molar-refractivity contribution in [3.05, 3.63) is 23.5 Å². The Hall–Kier alpha value is -2.54. The van der Waals surface area contributed by atoms with Crippen molar-refractivity contribution in [1.82, 2.24) is 10.1 Å². The average molecular weight is 358 g/mol. The van der Waals surface area contributed by atoms with E-state index >= 15 is 0 Å². The van der Waals surface area contributed by atoms with Crippen LogP contribution in [-0.2, 0) is 4.74 Å². The summed E-state index contributed by atoms with van der Waals surface area (Å²) in [5, 5.41) is 5.05. The molecule has 1 aromatic carbocycles. The maximum absolute atomic E-state index is 6.10. The Morgan fingerprint density at radius 2 is 2.04 bits per heavy atom. The monoisotopic (exact) mass is 358 g/mol. The van der Waals surface area contributed by atoms with Crippen LogP contribution in [0.1, 0.15) is 37.6 Å². The summed E-state index contributed by atoms with van der Waals surface area (Å²) in [6.45, 7) is 8.26. The summed E-state index contributed by atoms with van der Waals surface area (Å²) >= 11 is 0. The van der Waals surface area contributed by atoms with E-state index in [2.05, 4.69) is 10.1 Å². The van der Waals surface area contributed by atoms with Gasteiger partial charge in [-0.25, -0.2) is 0 Å². The third-order valence-corrected chi connectivity index (χ3v) is 4.54. The number of aromatic nitrogens is 2. The maximum atomic E-state index is 6.10. The number of nitrogens with zero attached hydrogens (tertiary/aromatic N) is 2. The molecule has 0 aliphatic carbocycles. The van der Waals surface area contributed by atoms with Gasteiger partial charge in [-0.3, -0.25) is 0 Å². The van der Waals surface area contributed by atoms with Crippen LogP contribution in [0.2, 0.25) is 0 Å². The second-order valence-corrected chi connectivity index (χ2v) is 6.21. The summed E-state index contributed by atoms with van der Waals surface area (Å²) in [4.78, 5) is 4.53. The van der Waals surface area contributed by atoms with Gasteiger partial charge in [0.15, 0.2) is 22.9 Å². The first-order valence-electron chi connectivity index (χ1n) is 8.96. The van der Waals surface area contributed by atoms with E-state index in [4.69, 9.17) is 23.2 Å². The molecular weight excluding hydrogens is 336 g/mol. The Kier molecular flexibility index (Phi) is 4.55. The predicted molar refractivity (Wildman–Crippen MR) is 94.8 cm³/mol. The molecular formula is C19H22N2O5. The van der Waals surface area contributed by atoms with Crippen molar-refractivity contribution in [3.8, 4) is 23.1 Å². The quantitative estimate of drug-likeness (QED) is 0.656. The number of hydrogen-bond donors (Lipinski definition) is 0. The second kappa shape index (κ2) is 6.99. The highest BCUT2D eigenvalue weighted by Crippen LogP contribution is 2.42. The Morgan fingerprint density at radius 1 is 1.19 bits per heavy atom. The molecule has 7 nitrogen and oxygen atoms in total. The lowest BCUT2D eigenvalue weighted by atomic mass is 10.1. The van der Waals surface area contributed by atoms with Gasteiger partial charge in [0, 0.05) is 23.5 Å². The largest absolute Gasteiger partial charge is 0.490 e. The van der Waals surface area contributed by atoms with Crippen molar-refractivity contribution in [2.75, 3.05) is 26.4 Å². The van der Waals surface area contributed by atoms with E-state index in [9.17, 15) is 0 Å². The van der Waals surface area contributed by atoms with Gasteiger partial charge in [-0.1, -0.05) is 5.16 Å². The summed E-state index contributed by atoms with van der Waals surface area (Å²) in [7, 11) is 0. The minimum atomic E-state index is 0.181. The molecule has 3 aromatic rings. The molecule has 0 amide bonds. The fraction of sp³-hybridized carbons (Fsp3) is 0.474. The van der Waals surface area contributed by atoms with Crippen molar-refractivity contribution < 1.29 is 23.2 Å². The van der Waals surface area contributed by atoms with Gasteiger partial charge in [0.2, 0.25) is 5.75 Å². The molecule has 1 atom stereocenters. The molecule has 1 aliphatic heterocycles. The zero-order valence-corrected chi connectivity index (χ0v) is 15.2. The first-order valence-corrected chi connectivity index (χ1v) is 8.96. The van der Waals surface area contributed by atoms with E-state index in [1.54, 1.807) is 0 Å². The average Bonchev–Trinajstić information content (AvgIpc) is 3.37. The van der Waals surface area contributed by atoms with Gasteiger partial charge < -0.3 is 23.2 Å². The Morgan fingerprint density at radius 3 is 2.77 bits per heavy atom. The number of hydrogen-bond acceptors (Lipinski definition) is 7. The summed E-state index contributed by atoms with van der Waals surface area (Å²) in [5.74, 6) is 3.05. The molecule has 0 spiro atoms. The lowest BCUT2D eigenvalue weighted by Gasteiger charge is -2.10. The Balaban J connectivity index is 1.78. The first kappa shape index (κ1) is 16.9. The van der Waals surface area contributed by atoms with Gasteiger partial charge >= 0.3 is 0 Å². The van der Waals surface area contributed by atoms with E-state index in [0.29, 0.717) is 54.4 Å². The number of benzene rings is 1. The SMILES string of the molecule is CCOc1ccc2c(C)c(-c3nc([C@H]4CCOC4)no3)oc2c1OCC. The fourth-order valence-corrected chi connectivity index (χ4v) is 3.23. The molecule has 26 heavy (non-hydrogen) atoms. The van der Waals surface area contributed by atoms with Crippen LogP contribution in [0.5, 0.6) is 11.5 Å². The van der Waals surface area contributed by atoms with Gasteiger partial charge in [0.25, 0.3) is 5.89 Å². The smallest absolute Gasteiger partial charge is 0.293 e. The highest BCUT2D eigenvalue weighted by molar-refractivity contribution is 5.92. The van der Waals surface area contributed by atoms with Crippen molar-refractivity contribution in [3.63, 3.8) is 0 Å². The number of ether oxygens (including phenoxy) is 3. The standard InChI is InChI=1S/C19H22N2O5/c1-4-23-14-7-6-13-11(3)15(25-16(13)17(14)24-5-2)19-20-18(21-26-19)12-8-9-22-10-12/h6-7,12H,4-5,8-10H2,1-3H3/t12-/m0/s1. The van der Waals surface area contributed by atoms with Crippen LogP contribution in [-0.4, -0.2) is 36.6 Å². The van der Waals surface area contributed by atoms with Gasteiger partial charge in [-0.15, -0.1) is 0 Å². The van der Waals surface area contributed by atoms with Crippen LogP contribution < -0.4 is 9.47 Å². The van der Waals surface area contributed by atoms with Crippen LogP contribution in [0.15, 0.2) is 21.1 Å². The van der Waals surface area contributed by atoms with E-state index < -0.39 is 0 Å². The second-order valence-electron chi connectivity index (χ2n) is 6.21. The molecule has 0 saturated carbocycles. The molecule has 1 aliphatic rings. The van der Waals surface area contributed by atoms with E-state index in [0.717, 1.165) is 24.0 Å². The zero-order valence-electron chi connectivity index (χ0n) is 15.2. The third kappa shape index (κ3) is 2.82. The van der Waals surface area contributed by atoms with E-state index in [1.165, 1.54) is 0 Å². The molecule has 7 heteroatoms. The molecule has 1 saturated heterocycles. The number of fused-ring (bicyclic) bond motifs is 1. The van der Waals surface area contributed by atoms with E-state index in [1.807, 2.05) is 32.9 Å². The Bertz CT molecular complexity index is 908. The van der Waals surface area contributed by atoms with Crippen molar-refractivity contribution in [2.45, 2.75) is 33.1 Å². The molecule has 2 aromatic heterocycles. The molecule has 0 bridgehead atoms. The molecule has 3 heterocycles. The predicted octanol–water partition coefficient (Wildman–Crippen LogP) is 4.09. The van der Waals surface area contributed by atoms with Crippen LogP contribution in [0.3, 0.4) is 0 Å². The van der Waals surface area contributed by atoms with Crippen molar-refractivity contribution in [1.29, 1.82) is 0 Å². The summed E-state index contributed by atoms with van der Waals surface area (Å²) in [5.41, 5.74) is 1.57. The van der Waals surface area contributed by atoms with Gasteiger partial charge in [-0.05, 0) is 39.3 Å². The van der Waals surface area contributed by atoms with Gasteiger partial charge in [0.05, 0.1) is 19.8 Å². The fourth-order valence-electron chi connectivity index (χ4n) is 3.23. The third-order valence-electron chi connectivity index (χ3n) is 4.54. The lowest BCUT2D eigenvalue weighted by molar-refractivity contribution is 0.192. The molecule has 0 radical (unpaired) electrons. The highest BCUT2D eigenvalue weighted by atomic mass is 16.5. The number of aryl methyl sites for hydroxylation is 1. The normalized spacial score (nSPS) is 17.1. The molecule has 0 unspecified atom stereocenters. The lowest BCUT2D eigenvalue weighted by Crippen LogP contribution is -1.99. The highest BCUT2D eigenvalue weighted by Gasteiger charge is 2.26. The number of rotatable bonds is 6. The van der Waals surface area contributed by atoms with Gasteiger partial charge in [-0.2, -0.15) is 4.98 Å². The zero-order chi connectivity index (χ0) is 18.1. The molecule has 1 fully saturated rings. The summed E-state index contributed by atoms with van der Waals surface area (Å²) < 4.78 is 28.4. The van der Waals surface area contributed by atoms with Crippen molar-refractivity contribution in [2.24, 2.45) is 0 Å². The minimum absolute atomic E-state index is 0.181. The maximum Gasteiger partial charge on any atom is 0.293 e. The first-order chi connectivity index (χ1) is 12.7. The summed E-state index contributed by atoms with van der Waals surface area (Å²) in [6.07, 6.45) is 0.907. The van der Waals surface area contributed by atoms with Crippen LogP contribution in [0, 0.1) is 6.92 Å². The van der Waals surface area contributed by atoms with Crippen molar-refractivity contribution >= 4 is 11.0 Å². The summed E-state index contributed by atoms with van der Waals surface area (Å²) in [6, 6.07) is 3.87. The number of furan rings is 1. The molecule has 4 rings (SSSR count). The Labute approximate surface area is 151 Å². The molecule has 0 N–H and O–H groups in total. The van der Waals surface area contributed by atoms with Gasteiger partial charge in [0.1, 0.15) is 0 Å². The van der Waals surface area contributed by atoms with Crippen LogP contribution >= 0.6 is 0 Å². The van der Waals surface area contributed by atoms with E-state index in [-0.39, 0.29) is 5.92 Å². The minimum Gasteiger partial charge on any atom is -0.490 e. The van der Waals surface area contributed by atoms with Crippen LogP contribution in [0.25, 0.3) is 22.6 Å².